The normalized spacial score (nSPS) is 23.0. The Labute approximate surface area is 112 Å². The van der Waals surface area contributed by atoms with Gasteiger partial charge >= 0.3 is 0 Å². The summed E-state index contributed by atoms with van der Waals surface area (Å²) in [6.45, 7) is 2.47. The van der Waals surface area contributed by atoms with Gasteiger partial charge in [0.15, 0.2) is 0 Å². The van der Waals surface area contributed by atoms with Crippen LogP contribution in [0.2, 0.25) is 5.02 Å². The van der Waals surface area contributed by atoms with Crippen molar-refractivity contribution in [3.63, 3.8) is 0 Å². The summed E-state index contributed by atoms with van der Waals surface area (Å²) < 4.78 is 18.7. The van der Waals surface area contributed by atoms with Crippen molar-refractivity contribution < 1.29 is 9.13 Å². The molecule has 2 unspecified atom stereocenters. The molecule has 2 N–H and O–H groups in total. The van der Waals surface area contributed by atoms with E-state index in [0.717, 1.165) is 18.7 Å². The third kappa shape index (κ3) is 3.42. The molecular formula is C13H18ClFN2O. The van der Waals surface area contributed by atoms with Crippen LogP contribution in [0.4, 0.5) is 4.39 Å². The maximum Gasteiger partial charge on any atom is 0.141 e. The first-order valence-corrected chi connectivity index (χ1v) is 6.43. The number of benzene rings is 1. The van der Waals surface area contributed by atoms with Crippen molar-refractivity contribution in [3.8, 4) is 0 Å². The minimum absolute atomic E-state index is 0.0209. The highest BCUT2D eigenvalue weighted by atomic mass is 35.5. The van der Waals surface area contributed by atoms with Gasteiger partial charge in [-0.3, -0.25) is 0 Å². The Kier molecular flexibility index (Phi) is 4.56. The molecular weight excluding hydrogens is 255 g/mol. The molecule has 1 fully saturated rings. The first-order chi connectivity index (χ1) is 8.56. The van der Waals surface area contributed by atoms with Gasteiger partial charge in [0.05, 0.1) is 17.7 Å². The van der Waals surface area contributed by atoms with Crippen molar-refractivity contribution in [2.75, 3.05) is 26.7 Å². The Balaban J connectivity index is 1.97. The van der Waals surface area contributed by atoms with Gasteiger partial charge in [-0.05, 0) is 31.2 Å². The third-order valence-electron chi connectivity index (χ3n) is 3.23. The van der Waals surface area contributed by atoms with Crippen molar-refractivity contribution in [1.82, 2.24) is 4.90 Å². The molecule has 0 radical (unpaired) electrons. The molecule has 0 saturated carbocycles. The van der Waals surface area contributed by atoms with Gasteiger partial charge in [0.25, 0.3) is 0 Å². The lowest BCUT2D eigenvalue weighted by atomic mass is 10.0. The Morgan fingerprint density at radius 2 is 2.39 bits per heavy atom. The van der Waals surface area contributed by atoms with E-state index in [2.05, 4.69) is 11.9 Å². The molecule has 1 aromatic carbocycles. The molecule has 5 heteroatoms. The number of ether oxygens (including phenoxy) is 1. The van der Waals surface area contributed by atoms with Crippen LogP contribution in [0, 0.1) is 5.82 Å². The van der Waals surface area contributed by atoms with E-state index in [4.69, 9.17) is 22.1 Å². The second kappa shape index (κ2) is 5.97. The van der Waals surface area contributed by atoms with Crippen LogP contribution in [0.3, 0.4) is 0 Å². The van der Waals surface area contributed by atoms with E-state index in [1.54, 1.807) is 12.1 Å². The highest BCUT2D eigenvalue weighted by Crippen LogP contribution is 2.18. The fraction of sp³-hybridized carbons (Fsp3) is 0.538. The van der Waals surface area contributed by atoms with Crippen LogP contribution in [0.1, 0.15) is 5.56 Å². The van der Waals surface area contributed by atoms with E-state index < -0.39 is 5.82 Å². The molecule has 2 rings (SSSR count). The molecule has 0 spiro atoms. The Morgan fingerprint density at radius 3 is 3.06 bits per heavy atom. The smallest absolute Gasteiger partial charge is 0.141 e. The zero-order valence-corrected chi connectivity index (χ0v) is 11.2. The zero-order valence-electron chi connectivity index (χ0n) is 10.4. The van der Waals surface area contributed by atoms with Gasteiger partial charge in [0, 0.05) is 19.1 Å². The highest BCUT2D eigenvalue weighted by molar-refractivity contribution is 6.30. The van der Waals surface area contributed by atoms with Crippen molar-refractivity contribution in [1.29, 1.82) is 0 Å². The maximum absolute atomic E-state index is 13.0. The largest absolute Gasteiger partial charge is 0.374 e. The van der Waals surface area contributed by atoms with Crippen molar-refractivity contribution in [2.24, 2.45) is 5.73 Å². The molecule has 3 nitrogen and oxygen atoms in total. The van der Waals surface area contributed by atoms with Gasteiger partial charge in [-0.2, -0.15) is 0 Å². The summed E-state index contributed by atoms with van der Waals surface area (Å²) in [5.74, 6) is -0.400. The van der Waals surface area contributed by atoms with Crippen LogP contribution >= 0.6 is 11.6 Å². The number of likely N-dealkylation sites (N-methyl/N-ethyl adjacent to an activating group) is 1. The second-order valence-corrected chi connectivity index (χ2v) is 5.20. The molecule has 1 aromatic rings. The van der Waals surface area contributed by atoms with Crippen molar-refractivity contribution in [2.45, 2.75) is 18.6 Å². The molecule has 0 amide bonds. The predicted octanol–water partition coefficient (Wildman–Crippen LogP) is 1.68. The number of halogens is 2. The van der Waals surface area contributed by atoms with E-state index in [1.165, 1.54) is 6.07 Å². The van der Waals surface area contributed by atoms with Gasteiger partial charge in [0.1, 0.15) is 5.82 Å². The summed E-state index contributed by atoms with van der Waals surface area (Å²) in [6.07, 6.45) is 0.658. The van der Waals surface area contributed by atoms with Crippen LogP contribution < -0.4 is 5.73 Å². The van der Waals surface area contributed by atoms with Crippen LogP contribution in [-0.2, 0) is 11.2 Å². The summed E-state index contributed by atoms with van der Waals surface area (Å²) in [5, 5.41) is 0.140. The molecule has 1 aliphatic rings. The number of hydrogen-bond acceptors (Lipinski definition) is 3. The van der Waals surface area contributed by atoms with E-state index in [1.807, 2.05) is 0 Å². The number of hydrogen-bond donors (Lipinski definition) is 1. The molecule has 1 heterocycles. The molecule has 0 aromatic heterocycles. The number of rotatable bonds is 3. The van der Waals surface area contributed by atoms with Gasteiger partial charge < -0.3 is 15.4 Å². The van der Waals surface area contributed by atoms with Crippen LogP contribution in [0.25, 0.3) is 0 Å². The number of nitrogens with zero attached hydrogens (tertiary/aromatic N) is 1. The third-order valence-corrected chi connectivity index (χ3v) is 3.52. The maximum atomic E-state index is 13.0. The van der Waals surface area contributed by atoms with Crippen molar-refractivity contribution in [3.05, 3.63) is 34.6 Å². The van der Waals surface area contributed by atoms with Gasteiger partial charge in [-0.25, -0.2) is 4.39 Å². The lowest BCUT2D eigenvalue weighted by molar-refractivity contribution is -0.0319. The summed E-state index contributed by atoms with van der Waals surface area (Å²) in [6, 6.07) is 4.61. The topological polar surface area (TPSA) is 38.5 Å². The minimum Gasteiger partial charge on any atom is -0.374 e. The van der Waals surface area contributed by atoms with E-state index in [0.29, 0.717) is 13.0 Å². The molecule has 1 aliphatic heterocycles. The molecule has 100 valence electrons. The fourth-order valence-electron chi connectivity index (χ4n) is 2.14. The van der Waals surface area contributed by atoms with E-state index >= 15 is 0 Å². The molecule has 0 aliphatic carbocycles. The first kappa shape index (κ1) is 13.7. The summed E-state index contributed by atoms with van der Waals surface area (Å²) in [7, 11) is 2.05. The number of morpholine rings is 1. The minimum atomic E-state index is -0.400. The lowest BCUT2D eigenvalue weighted by Gasteiger charge is -2.33. The van der Waals surface area contributed by atoms with Crippen molar-refractivity contribution >= 4 is 11.6 Å². The predicted molar refractivity (Wildman–Crippen MR) is 70.3 cm³/mol. The van der Waals surface area contributed by atoms with Gasteiger partial charge in [-0.15, -0.1) is 0 Å². The number of nitrogens with two attached hydrogens (primary N) is 1. The van der Waals surface area contributed by atoms with Crippen LogP contribution in [0.15, 0.2) is 18.2 Å². The molecule has 0 bridgehead atoms. The molecule has 1 saturated heterocycles. The van der Waals surface area contributed by atoms with E-state index in [9.17, 15) is 4.39 Å². The Bertz CT molecular complexity index is 416. The lowest BCUT2D eigenvalue weighted by Crippen LogP contribution is -2.50. The summed E-state index contributed by atoms with van der Waals surface area (Å²) in [5.41, 5.74) is 7.08. The van der Waals surface area contributed by atoms with Gasteiger partial charge in [0.2, 0.25) is 0 Å². The van der Waals surface area contributed by atoms with Crippen LogP contribution in [-0.4, -0.2) is 43.8 Å². The van der Waals surface area contributed by atoms with Crippen LogP contribution in [0.5, 0.6) is 0 Å². The SMILES string of the molecule is CN1CCOC(C(N)Cc2ccc(F)c(Cl)c2)C1. The summed E-state index contributed by atoms with van der Waals surface area (Å²) >= 11 is 5.75. The average Bonchev–Trinajstić information content (AvgIpc) is 2.34. The average molecular weight is 273 g/mol. The standard InChI is InChI=1S/C13H18ClFN2O/c1-17-4-5-18-13(8-17)12(16)7-9-2-3-11(15)10(14)6-9/h2-3,6,12-13H,4-5,7-8,16H2,1H3. The highest BCUT2D eigenvalue weighted by Gasteiger charge is 2.24. The second-order valence-electron chi connectivity index (χ2n) is 4.79. The van der Waals surface area contributed by atoms with Gasteiger partial charge in [-0.1, -0.05) is 17.7 Å². The fourth-order valence-corrected chi connectivity index (χ4v) is 2.34. The van der Waals surface area contributed by atoms with E-state index in [-0.39, 0.29) is 17.2 Å². The molecule has 2 atom stereocenters. The quantitative estimate of drug-likeness (QED) is 0.910. The summed E-state index contributed by atoms with van der Waals surface area (Å²) in [4.78, 5) is 2.20. The zero-order chi connectivity index (χ0) is 13.1. The first-order valence-electron chi connectivity index (χ1n) is 6.06. The Morgan fingerprint density at radius 1 is 1.61 bits per heavy atom. The molecule has 18 heavy (non-hydrogen) atoms. The Hall–Kier alpha value is -0.680. The monoisotopic (exact) mass is 272 g/mol.